The highest BCUT2D eigenvalue weighted by Crippen LogP contribution is 2.39. The molecule has 1 amide bonds. The summed E-state index contributed by atoms with van der Waals surface area (Å²) in [6.45, 7) is 0.188. The Balaban J connectivity index is 2.51. The SMILES string of the molecule is COc1cc2c(cc1OC)N(CC#N)C(=O)CN2. The predicted molar refractivity (Wildman–Crippen MR) is 66.0 cm³/mol. The molecule has 0 saturated heterocycles. The number of hydrogen-bond donors (Lipinski definition) is 1. The van der Waals surface area contributed by atoms with Crippen LogP contribution in [0.3, 0.4) is 0 Å². The van der Waals surface area contributed by atoms with Crippen LogP contribution in [-0.4, -0.2) is 33.2 Å². The van der Waals surface area contributed by atoms with E-state index in [1.54, 1.807) is 19.2 Å². The number of nitrogens with one attached hydrogen (secondary N) is 1. The van der Waals surface area contributed by atoms with Gasteiger partial charge < -0.3 is 14.8 Å². The van der Waals surface area contributed by atoms with Gasteiger partial charge in [0.1, 0.15) is 6.54 Å². The summed E-state index contributed by atoms with van der Waals surface area (Å²) in [5.41, 5.74) is 1.38. The van der Waals surface area contributed by atoms with E-state index in [0.717, 1.165) is 5.69 Å². The number of methoxy groups -OCH3 is 2. The molecule has 6 heteroatoms. The number of fused-ring (bicyclic) bond motifs is 1. The minimum Gasteiger partial charge on any atom is -0.493 e. The van der Waals surface area contributed by atoms with Gasteiger partial charge in [0.05, 0.1) is 38.2 Å². The van der Waals surface area contributed by atoms with E-state index in [-0.39, 0.29) is 19.0 Å². The van der Waals surface area contributed by atoms with E-state index in [1.165, 1.54) is 12.0 Å². The molecule has 1 heterocycles. The van der Waals surface area contributed by atoms with E-state index in [2.05, 4.69) is 5.32 Å². The molecule has 94 valence electrons. The summed E-state index contributed by atoms with van der Waals surface area (Å²) in [5.74, 6) is 0.960. The third kappa shape index (κ3) is 1.91. The molecule has 0 radical (unpaired) electrons. The predicted octanol–water partition coefficient (Wildman–Crippen LogP) is 0.986. The Morgan fingerprint density at radius 3 is 2.67 bits per heavy atom. The van der Waals surface area contributed by atoms with E-state index < -0.39 is 0 Å². The molecule has 2 rings (SSSR count). The van der Waals surface area contributed by atoms with Crippen LogP contribution < -0.4 is 19.7 Å². The molecule has 1 aliphatic rings. The molecule has 0 aromatic heterocycles. The number of hydrogen-bond acceptors (Lipinski definition) is 5. The lowest BCUT2D eigenvalue weighted by Gasteiger charge is -2.29. The average molecular weight is 247 g/mol. The molecule has 1 aliphatic heterocycles. The topological polar surface area (TPSA) is 74.6 Å². The summed E-state index contributed by atoms with van der Waals surface area (Å²) < 4.78 is 10.4. The van der Waals surface area contributed by atoms with E-state index in [1.807, 2.05) is 6.07 Å². The fourth-order valence-corrected chi connectivity index (χ4v) is 1.88. The molecule has 0 spiro atoms. The first-order valence-corrected chi connectivity index (χ1v) is 5.38. The van der Waals surface area contributed by atoms with Crippen molar-refractivity contribution in [3.8, 4) is 17.6 Å². The van der Waals surface area contributed by atoms with Gasteiger partial charge in [0, 0.05) is 12.1 Å². The maximum absolute atomic E-state index is 11.7. The Hall–Kier alpha value is -2.42. The molecule has 0 aliphatic carbocycles. The molecule has 1 N–H and O–H groups in total. The summed E-state index contributed by atoms with van der Waals surface area (Å²) in [6, 6.07) is 5.43. The van der Waals surface area contributed by atoms with Gasteiger partial charge in [-0.25, -0.2) is 0 Å². The van der Waals surface area contributed by atoms with Gasteiger partial charge in [-0.2, -0.15) is 5.26 Å². The maximum Gasteiger partial charge on any atom is 0.247 e. The fourth-order valence-electron chi connectivity index (χ4n) is 1.88. The summed E-state index contributed by atoms with van der Waals surface area (Å²) in [7, 11) is 3.07. The van der Waals surface area contributed by atoms with E-state index in [0.29, 0.717) is 17.2 Å². The van der Waals surface area contributed by atoms with Crippen LogP contribution in [0.5, 0.6) is 11.5 Å². The van der Waals surface area contributed by atoms with Crippen LogP contribution >= 0.6 is 0 Å². The van der Waals surface area contributed by atoms with Gasteiger partial charge in [0.15, 0.2) is 11.5 Å². The lowest BCUT2D eigenvalue weighted by molar-refractivity contribution is -0.117. The number of amides is 1. The zero-order valence-electron chi connectivity index (χ0n) is 10.2. The first-order valence-electron chi connectivity index (χ1n) is 5.38. The molecule has 0 atom stereocenters. The van der Waals surface area contributed by atoms with Crippen LogP contribution in [-0.2, 0) is 4.79 Å². The van der Waals surface area contributed by atoms with Crippen molar-refractivity contribution < 1.29 is 14.3 Å². The molecule has 6 nitrogen and oxygen atoms in total. The smallest absolute Gasteiger partial charge is 0.247 e. The zero-order valence-corrected chi connectivity index (χ0v) is 10.2. The maximum atomic E-state index is 11.7. The molecule has 1 aromatic rings. The number of carbonyl (C=O) groups is 1. The highest BCUT2D eigenvalue weighted by molar-refractivity contribution is 6.03. The van der Waals surface area contributed by atoms with Crippen LogP contribution in [0.2, 0.25) is 0 Å². The Morgan fingerprint density at radius 1 is 1.39 bits per heavy atom. The fraction of sp³-hybridized carbons (Fsp3) is 0.333. The average Bonchev–Trinajstić information content (AvgIpc) is 2.40. The summed E-state index contributed by atoms with van der Waals surface area (Å²) >= 11 is 0. The van der Waals surface area contributed by atoms with Gasteiger partial charge in [-0.1, -0.05) is 0 Å². The first-order chi connectivity index (χ1) is 8.71. The Morgan fingerprint density at radius 2 is 2.06 bits per heavy atom. The van der Waals surface area contributed by atoms with Gasteiger partial charge in [-0.15, -0.1) is 0 Å². The number of rotatable bonds is 3. The number of carbonyl (C=O) groups excluding carboxylic acids is 1. The molecule has 1 aromatic carbocycles. The Bertz CT molecular complexity index is 522. The zero-order chi connectivity index (χ0) is 13.1. The first kappa shape index (κ1) is 12.0. The quantitative estimate of drug-likeness (QED) is 0.806. The Kier molecular flexibility index (Phi) is 3.24. The second kappa shape index (κ2) is 4.84. The van der Waals surface area contributed by atoms with Gasteiger partial charge >= 0.3 is 0 Å². The third-order valence-electron chi connectivity index (χ3n) is 2.75. The van der Waals surface area contributed by atoms with Gasteiger partial charge in [0.2, 0.25) is 5.91 Å². The van der Waals surface area contributed by atoms with E-state index >= 15 is 0 Å². The molecule has 0 fully saturated rings. The Labute approximate surface area is 105 Å². The number of anilines is 2. The minimum absolute atomic E-state index is 0.0169. The van der Waals surface area contributed by atoms with Gasteiger partial charge in [-0.3, -0.25) is 9.69 Å². The van der Waals surface area contributed by atoms with Crippen molar-refractivity contribution >= 4 is 17.3 Å². The standard InChI is InChI=1S/C12H13N3O3/c1-17-10-5-8-9(6-11(10)18-2)15(4-3-13)12(16)7-14-8/h5-6,14H,4,7H2,1-2H3. The van der Waals surface area contributed by atoms with Crippen molar-refractivity contribution in [1.82, 2.24) is 0 Å². The third-order valence-corrected chi connectivity index (χ3v) is 2.75. The highest BCUT2D eigenvalue weighted by Gasteiger charge is 2.25. The second-order valence-corrected chi connectivity index (χ2v) is 3.72. The molecule has 0 saturated carbocycles. The number of nitrogens with zero attached hydrogens (tertiary/aromatic N) is 2. The normalized spacial score (nSPS) is 13.4. The lowest BCUT2D eigenvalue weighted by atomic mass is 10.1. The van der Waals surface area contributed by atoms with Crippen LogP contribution in [0.1, 0.15) is 0 Å². The number of nitriles is 1. The molecular weight excluding hydrogens is 234 g/mol. The molecular formula is C12H13N3O3. The van der Waals surface area contributed by atoms with Crippen molar-refractivity contribution in [3.63, 3.8) is 0 Å². The monoisotopic (exact) mass is 247 g/mol. The van der Waals surface area contributed by atoms with Crippen LogP contribution in [0, 0.1) is 11.3 Å². The molecule has 0 bridgehead atoms. The van der Waals surface area contributed by atoms with Crippen LogP contribution in [0.25, 0.3) is 0 Å². The summed E-state index contributed by atoms with van der Waals surface area (Å²) in [5, 5.41) is 11.8. The van der Waals surface area contributed by atoms with Crippen molar-refractivity contribution in [1.29, 1.82) is 5.26 Å². The molecule has 18 heavy (non-hydrogen) atoms. The van der Waals surface area contributed by atoms with Crippen molar-refractivity contribution in [2.75, 3.05) is 37.5 Å². The summed E-state index contributed by atoms with van der Waals surface area (Å²) in [6.07, 6.45) is 0. The van der Waals surface area contributed by atoms with Crippen molar-refractivity contribution in [3.05, 3.63) is 12.1 Å². The van der Waals surface area contributed by atoms with Crippen molar-refractivity contribution in [2.45, 2.75) is 0 Å². The van der Waals surface area contributed by atoms with Gasteiger partial charge in [0.25, 0.3) is 0 Å². The van der Waals surface area contributed by atoms with Gasteiger partial charge in [-0.05, 0) is 0 Å². The summed E-state index contributed by atoms with van der Waals surface area (Å²) in [4.78, 5) is 13.2. The largest absolute Gasteiger partial charge is 0.493 e. The van der Waals surface area contributed by atoms with Crippen molar-refractivity contribution in [2.24, 2.45) is 0 Å². The highest BCUT2D eigenvalue weighted by atomic mass is 16.5. The van der Waals surface area contributed by atoms with Crippen LogP contribution in [0.4, 0.5) is 11.4 Å². The van der Waals surface area contributed by atoms with Crippen LogP contribution in [0.15, 0.2) is 12.1 Å². The molecule has 0 unspecified atom stereocenters. The van der Waals surface area contributed by atoms with E-state index in [4.69, 9.17) is 14.7 Å². The van der Waals surface area contributed by atoms with E-state index in [9.17, 15) is 4.79 Å². The number of ether oxygens (including phenoxy) is 2. The lowest BCUT2D eigenvalue weighted by Crippen LogP contribution is -2.40. The minimum atomic E-state index is -0.142. The number of benzene rings is 1. The second-order valence-electron chi connectivity index (χ2n) is 3.72.